The predicted octanol–water partition coefficient (Wildman–Crippen LogP) is 7.97. The maximum absolute atomic E-state index is 14.6. The molecule has 46 heavy (non-hydrogen) atoms. The first-order valence-electron chi connectivity index (χ1n) is 14.4. The summed E-state index contributed by atoms with van der Waals surface area (Å²) in [4.78, 5) is 29.7. The maximum atomic E-state index is 14.6. The topological polar surface area (TPSA) is 86.8 Å². The molecule has 4 aromatic carbocycles. The van der Waals surface area contributed by atoms with Gasteiger partial charge in [-0.1, -0.05) is 100 Å². The molecule has 0 saturated heterocycles. The smallest absolute Gasteiger partial charge is 0.264 e. The standard InChI is InChI=1S/C34H33Cl4N3O4S/c1-22(2)39-34(43)32(17-24-7-5-4-6-8-24)40(20-25-11-12-26(35)18-30(25)38)33(42)21-41(31-19-27(36)13-16-29(31)37)46(44,45)28-14-9-23(3)10-15-28/h4-16,18-19,22,32H,17,20-21H2,1-3H3,(H,39,43)/t32-/m0/s1. The molecule has 0 unspecified atom stereocenters. The molecule has 0 aliphatic rings. The zero-order chi connectivity index (χ0) is 33.6. The number of nitrogens with zero attached hydrogens (tertiary/aromatic N) is 2. The Balaban J connectivity index is 1.86. The molecule has 4 aromatic rings. The fourth-order valence-electron chi connectivity index (χ4n) is 4.80. The van der Waals surface area contributed by atoms with Crippen molar-refractivity contribution >= 4 is 73.9 Å². The van der Waals surface area contributed by atoms with Gasteiger partial charge in [0.1, 0.15) is 12.6 Å². The molecular weight excluding hydrogens is 688 g/mol. The second-order valence-corrected chi connectivity index (χ2v) is 14.6. The average molecular weight is 722 g/mol. The Morgan fingerprint density at radius 3 is 2.07 bits per heavy atom. The molecule has 2 amide bonds. The Kier molecular flexibility index (Phi) is 12.0. The van der Waals surface area contributed by atoms with Crippen LogP contribution in [0.25, 0.3) is 0 Å². The summed E-state index contributed by atoms with van der Waals surface area (Å²) in [6.07, 6.45) is 0.152. The lowest BCUT2D eigenvalue weighted by Gasteiger charge is -2.34. The highest BCUT2D eigenvalue weighted by atomic mass is 35.5. The van der Waals surface area contributed by atoms with E-state index in [1.807, 2.05) is 51.1 Å². The van der Waals surface area contributed by atoms with Gasteiger partial charge in [0.2, 0.25) is 11.8 Å². The summed E-state index contributed by atoms with van der Waals surface area (Å²) >= 11 is 25.5. The van der Waals surface area contributed by atoms with E-state index in [2.05, 4.69) is 5.32 Å². The maximum Gasteiger partial charge on any atom is 0.264 e. The van der Waals surface area contributed by atoms with Crippen molar-refractivity contribution in [1.82, 2.24) is 10.2 Å². The van der Waals surface area contributed by atoms with Gasteiger partial charge in [-0.25, -0.2) is 8.42 Å². The number of hydrogen-bond acceptors (Lipinski definition) is 4. The number of hydrogen-bond donors (Lipinski definition) is 1. The zero-order valence-corrected chi connectivity index (χ0v) is 29.2. The summed E-state index contributed by atoms with van der Waals surface area (Å²) < 4.78 is 29.3. The number of nitrogens with one attached hydrogen (secondary N) is 1. The Morgan fingerprint density at radius 2 is 1.43 bits per heavy atom. The van der Waals surface area contributed by atoms with E-state index in [1.54, 1.807) is 30.3 Å². The lowest BCUT2D eigenvalue weighted by molar-refractivity contribution is -0.140. The van der Waals surface area contributed by atoms with Gasteiger partial charge in [0.15, 0.2) is 0 Å². The van der Waals surface area contributed by atoms with E-state index in [0.29, 0.717) is 10.6 Å². The molecule has 0 radical (unpaired) electrons. The Labute approximate surface area is 290 Å². The van der Waals surface area contributed by atoms with E-state index in [9.17, 15) is 18.0 Å². The van der Waals surface area contributed by atoms with Crippen molar-refractivity contribution in [1.29, 1.82) is 0 Å². The Morgan fingerprint density at radius 1 is 0.804 bits per heavy atom. The molecule has 0 heterocycles. The van der Waals surface area contributed by atoms with Gasteiger partial charge >= 0.3 is 0 Å². The molecule has 0 fully saturated rings. The highest BCUT2D eigenvalue weighted by Crippen LogP contribution is 2.34. The van der Waals surface area contributed by atoms with E-state index in [1.165, 1.54) is 35.2 Å². The van der Waals surface area contributed by atoms with Crippen molar-refractivity contribution in [3.63, 3.8) is 0 Å². The zero-order valence-electron chi connectivity index (χ0n) is 25.4. The van der Waals surface area contributed by atoms with Crippen LogP contribution in [0.15, 0.2) is 95.9 Å². The van der Waals surface area contributed by atoms with Crippen LogP contribution in [0.5, 0.6) is 0 Å². The molecule has 12 heteroatoms. The first-order chi connectivity index (χ1) is 21.8. The minimum absolute atomic E-state index is 0.0128. The van der Waals surface area contributed by atoms with Crippen LogP contribution < -0.4 is 9.62 Å². The molecular formula is C34H33Cl4N3O4S. The van der Waals surface area contributed by atoms with Crippen molar-refractivity contribution in [2.45, 2.75) is 50.7 Å². The van der Waals surface area contributed by atoms with Gasteiger partial charge in [-0.2, -0.15) is 0 Å². The molecule has 7 nitrogen and oxygen atoms in total. The molecule has 0 bridgehead atoms. The molecule has 0 aliphatic heterocycles. The van der Waals surface area contributed by atoms with Crippen LogP contribution in [0.1, 0.15) is 30.5 Å². The van der Waals surface area contributed by atoms with Crippen LogP contribution >= 0.6 is 46.4 Å². The number of amides is 2. The third-order valence-corrected chi connectivity index (χ3v) is 10.0. The van der Waals surface area contributed by atoms with Gasteiger partial charge in [0.25, 0.3) is 10.0 Å². The summed E-state index contributed by atoms with van der Waals surface area (Å²) in [7, 11) is -4.35. The van der Waals surface area contributed by atoms with Crippen LogP contribution in [-0.2, 0) is 32.6 Å². The van der Waals surface area contributed by atoms with Gasteiger partial charge in [-0.15, -0.1) is 0 Å². The molecule has 0 aliphatic carbocycles. The summed E-state index contributed by atoms with van der Waals surface area (Å²) in [5.74, 6) is -1.08. The van der Waals surface area contributed by atoms with Crippen LogP contribution in [0.4, 0.5) is 5.69 Å². The van der Waals surface area contributed by atoms with Crippen LogP contribution in [0, 0.1) is 6.92 Å². The number of aryl methyl sites for hydroxylation is 1. The Bertz CT molecular complexity index is 1800. The highest BCUT2D eigenvalue weighted by molar-refractivity contribution is 7.92. The molecule has 0 aromatic heterocycles. The largest absolute Gasteiger partial charge is 0.352 e. The summed E-state index contributed by atoms with van der Waals surface area (Å²) in [6, 6.07) is 23.4. The lowest BCUT2D eigenvalue weighted by atomic mass is 10.0. The van der Waals surface area contributed by atoms with Gasteiger partial charge in [-0.3, -0.25) is 13.9 Å². The third-order valence-electron chi connectivity index (χ3n) is 7.12. The van der Waals surface area contributed by atoms with Crippen molar-refractivity contribution in [2.75, 3.05) is 10.8 Å². The van der Waals surface area contributed by atoms with Gasteiger partial charge < -0.3 is 10.2 Å². The van der Waals surface area contributed by atoms with Crippen LogP contribution in [0.2, 0.25) is 20.1 Å². The lowest BCUT2D eigenvalue weighted by Crippen LogP contribution is -2.54. The van der Waals surface area contributed by atoms with Crippen molar-refractivity contribution < 1.29 is 18.0 Å². The normalized spacial score (nSPS) is 12.1. The van der Waals surface area contributed by atoms with Crippen molar-refractivity contribution in [3.8, 4) is 0 Å². The van der Waals surface area contributed by atoms with Gasteiger partial charge in [0.05, 0.1) is 15.6 Å². The summed E-state index contributed by atoms with van der Waals surface area (Å²) in [5.41, 5.74) is 2.18. The minimum Gasteiger partial charge on any atom is -0.352 e. The quantitative estimate of drug-likeness (QED) is 0.161. The number of carbonyl (C=O) groups is 2. The van der Waals surface area contributed by atoms with E-state index in [-0.39, 0.29) is 44.7 Å². The third kappa shape index (κ3) is 8.96. The number of sulfonamides is 1. The molecule has 1 N–H and O–H groups in total. The fraction of sp³-hybridized carbons (Fsp3) is 0.235. The fourth-order valence-corrected chi connectivity index (χ4v) is 7.13. The second-order valence-electron chi connectivity index (χ2n) is 11.0. The molecule has 1 atom stereocenters. The molecule has 0 spiro atoms. The Hall–Kier alpha value is -3.27. The summed E-state index contributed by atoms with van der Waals surface area (Å²) in [5, 5.41) is 3.89. The predicted molar refractivity (Wildman–Crippen MR) is 186 cm³/mol. The van der Waals surface area contributed by atoms with Gasteiger partial charge in [-0.05, 0) is 74.4 Å². The SMILES string of the molecule is Cc1ccc(S(=O)(=O)N(CC(=O)N(Cc2ccc(Cl)cc2Cl)[C@@H](Cc2ccccc2)C(=O)NC(C)C)c2cc(Cl)ccc2Cl)cc1. The van der Waals surface area contributed by atoms with Crippen LogP contribution in [-0.4, -0.2) is 43.8 Å². The number of rotatable bonds is 12. The molecule has 242 valence electrons. The monoisotopic (exact) mass is 719 g/mol. The van der Waals surface area contributed by atoms with Gasteiger partial charge in [0, 0.05) is 34.1 Å². The van der Waals surface area contributed by atoms with Crippen molar-refractivity contribution in [2.24, 2.45) is 0 Å². The first-order valence-corrected chi connectivity index (χ1v) is 17.3. The van der Waals surface area contributed by atoms with Crippen LogP contribution in [0.3, 0.4) is 0 Å². The number of halogens is 4. The second kappa shape index (κ2) is 15.5. The summed E-state index contributed by atoms with van der Waals surface area (Å²) in [6.45, 7) is 4.66. The number of benzene rings is 4. The van der Waals surface area contributed by atoms with E-state index in [0.717, 1.165) is 15.4 Å². The molecule has 4 rings (SSSR count). The molecule has 0 saturated carbocycles. The minimum atomic E-state index is -4.35. The highest BCUT2D eigenvalue weighted by Gasteiger charge is 2.35. The van der Waals surface area contributed by atoms with Crippen molar-refractivity contribution in [3.05, 3.63) is 128 Å². The first kappa shape index (κ1) is 35.6. The van der Waals surface area contributed by atoms with E-state index >= 15 is 0 Å². The number of carbonyl (C=O) groups excluding carboxylic acids is 2. The average Bonchev–Trinajstić information content (AvgIpc) is 3.00. The van der Waals surface area contributed by atoms with E-state index in [4.69, 9.17) is 46.4 Å². The number of anilines is 1. The van der Waals surface area contributed by atoms with E-state index < -0.39 is 34.4 Å².